The molecule has 0 aliphatic carbocycles. The van der Waals surface area contributed by atoms with Gasteiger partial charge in [-0.2, -0.15) is 0 Å². The monoisotopic (exact) mass is 247 g/mol. The van der Waals surface area contributed by atoms with Crippen molar-refractivity contribution >= 4 is 9.84 Å². The van der Waals surface area contributed by atoms with Crippen LogP contribution in [0, 0.1) is 0 Å². The van der Waals surface area contributed by atoms with Crippen LogP contribution in [0.15, 0.2) is 22.8 Å². The number of hydrogen-bond acceptors (Lipinski definition) is 5. The van der Waals surface area contributed by atoms with E-state index in [1.54, 1.807) is 12.1 Å². The maximum Gasteiger partial charge on any atom is 0.147 e. The number of hydrogen-bond donors (Lipinski definition) is 2. The molecule has 5 nitrogen and oxygen atoms in total. The van der Waals surface area contributed by atoms with Gasteiger partial charge in [-0.25, -0.2) is 8.42 Å². The normalized spacial score (nSPS) is 13.9. The van der Waals surface area contributed by atoms with Gasteiger partial charge in [0.05, 0.1) is 12.0 Å². The Kier molecular flexibility index (Phi) is 4.98. The molecule has 0 aliphatic heterocycles. The summed E-state index contributed by atoms with van der Waals surface area (Å²) in [6.07, 6.45) is 2.57. The number of sulfone groups is 1. The average molecular weight is 247 g/mol. The minimum absolute atomic E-state index is 0.164. The molecule has 0 fully saturated rings. The lowest BCUT2D eigenvalue weighted by molar-refractivity contribution is 0.148. The third kappa shape index (κ3) is 5.29. The predicted octanol–water partition coefficient (Wildman–Crippen LogP) is 0.337. The Morgan fingerprint density at radius 1 is 1.56 bits per heavy atom. The molecule has 0 saturated heterocycles. The van der Waals surface area contributed by atoms with Gasteiger partial charge >= 0.3 is 0 Å². The third-order valence-electron chi connectivity index (χ3n) is 2.08. The third-order valence-corrected chi connectivity index (χ3v) is 3.11. The standard InChI is InChI=1S/C10H17NO4S/c1-16(13,14)7-3-5-11-8-9(12)10-4-2-6-15-10/h2,4,6,9,11-12H,3,5,7-8H2,1H3. The van der Waals surface area contributed by atoms with E-state index in [1.165, 1.54) is 12.5 Å². The van der Waals surface area contributed by atoms with Crippen LogP contribution >= 0.6 is 0 Å². The van der Waals surface area contributed by atoms with Gasteiger partial charge in [0, 0.05) is 12.8 Å². The minimum atomic E-state index is -2.89. The van der Waals surface area contributed by atoms with Crippen molar-refractivity contribution in [3.05, 3.63) is 24.2 Å². The van der Waals surface area contributed by atoms with Crippen LogP contribution in [0.2, 0.25) is 0 Å². The Balaban J connectivity index is 2.12. The van der Waals surface area contributed by atoms with Crippen LogP contribution in [-0.2, 0) is 9.84 Å². The second-order valence-corrected chi connectivity index (χ2v) is 5.98. The summed E-state index contributed by atoms with van der Waals surface area (Å²) in [5.41, 5.74) is 0. The van der Waals surface area contributed by atoms with E-state index in [9.17, 15) is 13.5 Å². The molecule has 0 amide bonds. The smallest absolute Gasteiger partial charge is 0.147 e. The van der Waals surface area contributed by atoms with Crippen molar-refractivity contribution in [2.45, 2.75) is 12.5 Å². The van der Waals surface area contributed by atoms with Crippen molar-refractivity contribution in [1.29, 1.82) is 0 Å². The summed E-state index contributed by atoms with van der Waals surface area (Å²) >= 11 is 0. The molecule has 0 aromatic carbocycles. The SMILES string of the molecule is CS(=O)(=O)CCCNCC(O)c1ccco1. The van der Waals surface area contributed by atoms with Gasteiger partial charge in [-0.1, -0.05) is 0 Å². The molecule has 1 aromatic heterocycles. The zero-order chi connectivity index (χ0) is 12.0. The zero-order valence-electron chi connectivity index (χ0n) is 9.22. The number of rotatable bonds is 7. The average Bonchev–Trinajstić information content (AvgIpc) is 2.67. The summed E-state index contributed by atoms with van der Waals surface area (Å²) in [6.45, 7) is 0.919. The van der Waals surface area contributed by atoms with Crippen molar-refractivity contribution in [3.63, 3.8) is 0 Å². The van der Waals surface area contributed by atoms with E-state index in [0.29, 0.717) is 25.3 Å². The van der Waals surface area contributed by atoms with Crippen molar-refractivity contribution in [3.8, 4) is 0 Å². The lowest BCUT2D eigenvalue weighted by atomic mass is 10.3. The van der Waals surface area contributed by atoms with Crippen LogP contribution in [0.4, 0.5) is 0 Å². The first kappa shape index (κ1) is 13.2. The fourth-order valence-corrected chi connectivity index (χ4v) is 1.95. The molecule has 0 aliphatic rings. The first-order valence-corrected chi connectivity index (χ1v) is 7.15. The number of nitrogens with one attached hydrogen (secondary N) is 1. The second kappa shape index (κ2) is 6.03. The molecule has 0 bridgehead atoms. The summed E-state index contributed by atoms with van der Waals surface area (Å²) in [4.78, 5) is 0. The van der Waals surface area contributed by atoms with Crippen LogP contribution in [0.3, 0.4) is 0 Å². The van der Waals surface area contributed by atoms with Crippen LogP contribution in [0.25, 0.3) is 0 Å². The predicted molar refractivity (Wildman–Crippen MR) is 60.9 cm³/mol. The number of furan rings is 1. The van der Waals surface area contributed by atoms with Gasteiger partial charge in [0.2, 0.25) is 0 Å². The molecule has 0 spiro atoms. The fourth-order valence-electron chi connectivity index (χ4n) is 1.28. The van der Waals surface area contributed by atoms with Crippen molar-refractivity contribution in [2.24, 2.45) is 0 Å². The Bertz CT molecular complexity index is 385. The van der Waals surface area contributed by atoms with Gasteiger partial charge < -0.3 is 14.8 Å². The second-order valence-electron chi connectivity index (χ2n) is 3.72. The molecule has 16 heavy (non-hydrogen) atoms. The van der Waals surface area contributed by atoms with E-state index in [1.807, 2.05) is 0 Å². The fraction of sp³-hybridized carbons (Fsp3) is 0.600. The van der Waals surface area contributed by atoms with Gasteiger partial charge in [0.1, 0.15) is 21.7 Å². The molecule has 1 rings (SSSR count). The summed E-state index contributed by atoms with van der Waals surface area (Å²) < 4.78 is 26.7. The van der Waals surface area contributed by atoms with Gasteiger partial charge in [-0.05, 0) is 25.1 Å². The zero-order valence-corrected chi connectivity index (χ0v) is 10.0. The quantitative estimate of drug-likeness (QED) is 0.679. The van der Waals surface area contributed by atoms with E-state index in [0.717, 1.165) is 0 Å². The molecule has 1 aromatic rings. The summed E-state index contributed by atoms with van der Waals surface area (Å²) in [7, 11) is -2.89. The van der Waals surface area contributed by atoms with E-state index in [4.69, 9.17) is 4.42 Å². The maximum absolute atomic E-state index is 10.8. The largest absolute Gasteiger partial charge is 0.467 e. The Morgan fingerprint density at radius 3 is 2.88 bits per heavy atom. The molecule has 0 saturated carbocycles. The van der Waals surface area contributed by atoms with E-state index in [-0.39, 0.29) is 5.75 Å². The molecule has 0 radical (unpaired) electrons. The Hall–Kier alpha value is -0.850. The number of aliphatic hydroxyl groups excluding tert-OH is 1. The van der Waals surface area contributed by atoms with Gasteiger partial charge in [-0.3, -0.25) is 0 Å². The molecule has 1 atom stereocenters. The Labute approximate surface area is 95.4 Å². The van der Waals surface area contributed by atoms with Crippen LogP contribution < -0.4 is 5.32 Å². The van der Waals surface area contributed by atoms with E-state index < -0.39 is 15.9 Å². The maximum atomic E-state index is 10.8. The number of aliphatic hydroxyl groups is 1. The molecule has 2 N–H and O–H groups in total. The van der Waals surface area contributed by atoms with Gasteiger partial charge in [-0.15, -0.1) is 0 Å². The lowest BCUT2D eigenvalue weighted by Gasteiger charge is -2.08. The van der Waals surface area contributed by atoms with E-state index in [2.05, 4.69) is 5.32 Å². The van der Waals surface area contributed by atoms with Crippen molar-refractivity contribution in [2.75, 3.05) is 25.1 Å². The molecule has 6 heteroatoms. The van der Waals surface area contributed by atoms with Crippen LogP contribution in [-0.4, -0.2) is 38.6 Å². The highest BCUT2D eigenvalue weighted by molar-refractivity contribution is 7.90. The summed E-state index contributed by atoms with van der Waals surface area (Å²) in [5, 5.41) is 12.6. The Morgan fingerprint density at radius 2 is 2.31 bits per heavy atom. The highest BCUT2D eigenvalue weighted by Crippen LogP contribution is 2.11. The molecular formula is C10H17NO4S. The first-order chi connectivity index (χ1) is 7.49. The van der Waals surface area contributed by atoms with Crippen molar-refractivity contribution in [1.82, 2.24) is 5.32 Å². The minimum Gasteiger partial charge on any atom is -0.467 e. The first-order valence-electron chi connectivity index (χ1n) is 5.09. The summed E-state index contributed by atoms with van der Waals surface area (Å²) in [5.74, 6) is 0.673. The molecule has 92 valence electrons. The molecular weight excluding hydrogens is 230 g/mol. The highest BCUT2D eigenvalue weighted by atomic mass is 32.2. The topological polar surface area (TPSA) is 79.5 Å². The molecule has 1 unspecified atom stereocenters. The van der Waals surface area contributed by atoms with Gasteiger partial charge in [0.25, 0.3) is 0 Å². The van der Waals surface area contributed by atoms with Crippen molar-refractivity contribution < 1.29 is 17.9 Å². The van der Waals surface area contributed by atoms with E-state index >= 15 is 0 Å². The highest BCUT2D eigenvalue weighted by Gasteiger charge is 2.09. The van der Waals surface area contributed by atoms with Crippen LogP contribution in [0.1, 0.15) is 18.3 Å². The lowest BCUT2D eigenvalue weighted by Crippen LogP contribution is -2.23. The van der Waals surface area contributed by atoms with Gasteiger partial charge in [0.15, 0.2) is 0 Å². The summed E-state index contributed by atoms with van der Waals surface area (Å²) in [6, 6.07) is 3.41. The molecule has 1 heterocycles. The van der Waals surface area contributed by atoms with Crippen LogP contribution in [0.5, 0.6) is 0 Å².